The average molecular weight is 383 g/mol. The van der Waals surface area contributed by atoms with Crippen LogP contribution in [-0.2, 0) is 20.4 Å². The highest BCUT2D eigenvalue weighted by molar-refractivity contribution is 7.85. The third-order valence-corrected chi connectivity index (χ3v) is 7.07. The summed E-state index contributed by atoms with van der Waals surface area (Å²) in [5, 5.41) is 19.5. The van der Waals surface area contributed by atoms with Crippen molar-refractivity contribution in [2.24, 2.45) is 5.92 Å². The first kappa shape index (κ1) is 19.0. The number of halogens is 1. The van der Waals surface area contributed by atoms with Gasteiger partial charge in [-0.05, 0) is 56.4 Å². The maximum Gasteiger partial charge on any atom is 0.306 e. The quantitative estimate of drug-likeness (QED) is 0.822. The maximum absolute atomic E-state index is 13.0. The zero-order valence-corrected chi connectivity index (χ0v) is 15.1. The molecule has 6 nitrogen and oxygen atoms in total. The van der Waals surface area contributed by atoms with Crippen molar-refractivity contribution in [1.82, 2.24) is 4.90 Å². The third kappa shape index (κ3) is 3.81. The minimum absolute atomic E-state index is 0.130. The third-order valence-electron chi connectivity index (χ3n) is 5.34. The van der Waals surface area contributed by atoms with Crippen LogP contribution in [0, 0.1) is 11.7 Å². The number of aliphatic hydroxyl groups is 1. The van der Waals surface area contributed by atoms with E-state index in [-0.39, 0.29) is 37.5 Å². The zero-order valence-electron chi connectivity index (χ0n) is 14.3. The number of hydrogen-bond donors (Lipinski definition) is 2. The first-order valence-corrected chi connectivity index (χ1v) is 9.92. The standard InChI is InChI=1S/C18H22FNO5S/c19-13-1-3-14(4-2-13)26(25)15-7-10-20(11-15)17(23)18(24)8-5-12(6-9-18)16(21)22/h1-4,12,15,24H,5-11H2,(H,21,22). The summed E-state index contributed by atoms with van der Waals surface area (Å²) in [5.74, 6) is -2.20. The van der Waals surface area contributed by atoms with E-state index in [1.807, 2.05) is 0 Å². The summed E-state index contributed by atoms with van der Waals surface area (Å²) >= 11 is 0. The van der Waals surface area contributed by atoms with E-state index in [1.165, 1.54) is 29.2 Å². The summed E-state index contributed by atoms with van der Waals surface area (Å²) in [6.45, 7) is 0.675. The van der Waals surface area contributed by atoms with Gasteiger partial charge in [0.25, 0.3) is 5.91 Å². The molecule has 26 heavy (non-hydrogen) atoms. The van der Waals surface area contributed by atoms with Gasteiger partial charge in [0.05, 0.1) is 22.0 Å². The van der Waals surface area contributed by atoms with Crippen molar-refractivity contribution in [3.63, 3.8) is 0 Å². The lowest BCUT2D eigenvalue weighted by molar-refractivity contribution is -0.158. The Kier molecular flexibility index (Phi) is 5.43. The van der Waals surface area contributed by atoms with Gasteiger partial charge in [-0.3, -0.25) is 13.8 Å². The molecule has 1 aromatic carbocycles. The van der Waals surface area contributed by atoms with Gasteiger partial charge in [-0.25, -0.2) is 4.39 Å². The summed E-state index contributed by atoms with van der Waals surface area (Å²) in [7, 11) is -1.35. The molecule has 1 saturated heterocycles. The van der Waals surface area contributed by atoms with Crippen LogP contribution in [0.2, 0.25) is 0 Å². The van der Waals surface area contributed by atoms with E-state index in [0.29, 0.717) is 17.9 Å². The van der Waals surface area contributed by atoms with Gasteiger partial charge in [-0.2, -0.15) is 0 Å². The molecule has 142 valence electrons. The highest BCUT2D eigenvalue weighted by Gasteiger charge is 2.45. The number of rotatable bonds is 4. The first-order valence-electron chi connectivity index (χ1n) is 8.71. The Bertz CT molecular complexity index is 715. The molecular weight excluding hydrogens is 361 g/mol. The predicted molar refractivity (Wildman–Crippen MR) is 92.3 cm³/mol. The van der Waals surface area contributed by atoms with E-state index in [9.17, 15) is 23.3 Å². The molecule has 0 bridgehead atoms. The van der Waals surface area contributed by atoms with Crippen molar-refractivity contribution in [2.75, 3.05) is 13.1 Å². The summed E-state index contributed by atoms with van der Waals surface area (Å²) in [6.07, 6.45) is 1.35. The molecule has 0 radical (unpaired) electrons. The van der Waals surface area contributed by atoms with Crippen LogP contribution in [-0.4, -0.2) is 55.1 Å². The lowest BCUT2D eigenvalue weighted by Gasteiger charge is -2.36. The van der Waals surface area contributed by atoms with Crippen LogP contribution in [0.1, 0.15) is 32.1 Å². The number of carbonyl (C=O) groups is 2. The number of hydrogen-bond acceptors (Lipinski definition) is 4. The molecule has 1 aliphatic heterocycles. The van der Waals surface area contributed by atoms with Crippen molar-refractivity contribution < 1.29 is 28.4 Å². The number of amides is 1. The van der Waals surface area contributed by atoms with E-state index in [4.69, 9.17) is 5.11 Å². The molecule has 1 saturated carbocycles. The maximum atomic E-state index is 13.0. The Morgan fingerprint density at radius 1 is 1.15 bits per heavy atom. The SMILES string of the molecule is O=C(O)C1CCC(O)(C(=O)N2CCC(S(=O)c3ccc(F)cc3)C2)CC1. The minimum atomic E-state index is -1.53. The van der Waals surface area contributed by atoms with E-state index in [0.717, 1.165) is 0 Å². The molecule has 2 N–H and O–H groups in total. The van der Waals surface area contributed by atoms with Gasteiger partial charge >= 0.3 is 5.97 Å². The van der Waals surface area contributed by atoms with Gasteiger partial charge in [0.1, 0.15) is 11.4 Å². The zero-order chi connectivity index (χ0) is 18.9. The van der Waals surface area contributed by atoms with Gasteiger partial charge in [0.2, 0.25) is 0 Å². The Hall–Kier alpha value is -1.80. The van der Waals surface area contributed by atoms with Crippen molar-refractivity contribution in [3.8, 4) is 0 Å². The number of benzene rings is 1. The second-order valence-electron chi connectivity index (χ2n) is 7.06. The molecule has 8 heteroatoms. The fourth-order valence-corrected chi connectivity index (χ4v) is 5.12. The molecule has 3 rings (SSSR count). The van der Waals surface area contributed by atoms with Crippen LogP contribution in [0.5, 0.6) is 0 Å². The fraction of sp³-hybridized carbons (Fsp3) is 0.556. The molecule has 0 spiro atoms. The lowest BCUT2D eigenvalue weighted by Crippen LogP contribution is -2.51. The van der Waals surface area contributed by atoms with Gasteiger partial charge in [-0.15, -0.1) is 0 Å². The molecule has 2 aliphatic rings. The lowest BCUT2D eigenvalue weighted by atomic mass is 9.78. The van der Waals surface area contributed by atoms with Crippen molar-refractivity contribution in [3.05, 3.63) is 30.1 Å². The second-order valence-corrected chi connectivity index (χ2v) is 8.79. The summed E-state index contributed by atoms with van der Waals surface area (Å²) in [6, 6.07) is 5.48. The summed E-state index contributed by atoms with van der Waals surface area (Å²) < 4.78 is 25.6. The van der Waals surface area contributed by atoms with Gasteiger partial charge in [0, 0.05) is 18.0 Å². The van der Waals surface area contributed by atoms with Crippen molar-refractivity contribution in [1.29, 1.82) is 0 Å². The molecule has 1 amide bonds. The molecule has 1 aromatic rings. The van der Waals surface area contributed by atoms with Crippen LogP contribution in [0.3, 0.4) is 0 Å². The molecule has 1 heterocycles. The normalized spacial score (nSPS) is 30.2. The number of nitrogens with zero attached hydrogens (tertiary/aromatic N) is 1. The van der Waals surface area contributed by atoms with E-state index in [2.05, 4.69) is 0 Å². The Morgan fingerprint density at radius 3 is 2.35 bits per heavy atom. The molecule has 0 aromatic heterocycles. The first-order chi connectivity index (χ1) is 12.3. The number of likely N-dealkylation sites (tertiary alicyclic amines) is 1. The largest absolute Gasteiger partial charge is 0.481 e. The van der Waals surface area contributed by atoms with Gasteiger partial charge in [0.15, 0.2) is 0 Å². The highest BCUT2D eigenvalue weighted by Crippen LogP contribution is 2.35. The van der Waals surface area contributed by atoms with E-state index < -0.39 is 40.0 Å². The van der Waals surface area contributed by atoms with E-state index in [1.54, 1.807) is 0 Å². The summed E-state index contributed by atoms with van der Waals surface area (Å²) in [4.78, 5) is 25.8. The number of carboxylic acids is 1. The fourth-order valence-electron chi connectivity index (χ4n) is 3.70. The van der Waals surface area contributed by atoms with Crippen molar-refractivity contribution >= 4 is 22.7 Å². The molecule has 1 aliphatic carbocycles. The molecule has 2 atom stereocenters. The van der Waals surface area contributed by atoms with Gasteiger partial charge in [-0.1, -0.05) is 0 Å². The van der Waals surface area contributed by atoms with Crippen LogP contribution in [0.15, 0.2) is 29.2 Å². The second kappa shape index (κ2) is 7.44. The average Bonchev–Trinajstić information content (AvgIpc) is 3.11. The summed E-state index contributed by atoms with van der Waals surface area (Å²) in [5.41, 5.74) is -1.53. The smallest absolute Gasteiger partial charge is 0.306 e. The number of aliphatic carboxylic acids is 1. The molecular formula is C18H22FNO5S. The highest BCUT2D eigenvalue weighted by atomic mass is 32.2. The number of carbonyl (C=O) groups excluding carboxylic acids is 1. The predicted octanol–water partition coefficient (Wildman–Crippen LogP) is 1.54. The van der Waals surface area contributed by atoms with Crippen LogP contribution in [0.4, 0.5) is 4.39 Å². The monoisotopic (exact) mass is 383 g/mol. The van der Waals surface area contributed by atoms with Crippen LogP contribution >= 0.6 is 0 Å². The van der Waals surface area contributed by atoms with Crippen molar-refractivity contribution in [2.45, 2.75) is 47.9 Å². The van der Waals surface area contributed by atoms with E-state index >= 15 is 0 Å². The van der Waals surface area contributed by atoms with Gasteiger partial charge < -0.3 is 15.1 Å². The minimum Gasteiger partial charge on any atom is -0.481 e. The Labute approximate surface area is 153 Å². The Morgan fingerprint density at radius 2 is 1.77 bits per heavy atom. The Balaban J connectivity index is 1.61. The topological polar surface area (TPSA) is 94.9 Å². The number of carboxylic acid groups (broad SMARTS) is 1. The van der Waals surface area contributed by atoms with Crippen LogP contribution < -0.4 is 0 Å². The molecule has 2 fully saturated rings. The van der Waals surface area contributed by atoms with Crippen LogP contribution in [0.25, 0.3) is 0 Å². The molecule has 2 unspecified atom stereocenters.